The Kier molecular flexibility index (Phi) is 7.55. The lowest BCUT2D eigenvalue weighted by Gasteiger charge is -2.07. The molecule has 0 spiro atoms. The number of nitrogens with one attached hydrogen (secondary N) is 2. The van der Waals surface area contributed by atoms with Crippen molar-refractivity contribution in [3.63, 3.8) is 0 Å². The molecule has 20 heavy (non-hydrogen) atoms. The lowest BCUT2D eigenvalue weighted by molar-refractivity contribution is 0.204. The SMILES string of the molecule is COCCNC(=S)N/N=C/c1cc(I)c(O)c(OC)c1. The summed E-state index contributed by atoms with van der Waals surface area (Å²) in [4.78, 5) is 0. The summed E-state index contributed by atoms with van der Waals surface area (Å²) in [5.41, 5.74) is 3.48. The van der Waals surface area contributed by atoms with Crippen molar-refractivity contribution >= 4 is 46.1 Å². The van der Waals surface area contributed by atoms with Crippen LogP contribution in [0.4, 0.5) is 0 Å². The summed E-state index contributed by atoms with van der Waals surface area (Å²) in [6.45, 7) is 1.18. The van der Waals surface area contributed by atoms with Gasteiger partial charge < -0.3 is 19.9 Å². The van der Waals surface area contributed by atoms with Crippen molar-refractivity contribution in [1.82, 2.24) is 10.7 Å². The number of nitrogens with zero attached hydrogens (tertiary/aromatic N) is 1. The van der Waals surface area contributed by atoms with E-state index in [9.17, 15) is 5.11 Å². The number of ether oxygens (including phenoxy) is 2. The van der Waals surface area contributed by atoms with Crippen LogP contribution in [0.1, 0.15) is 5.56 Å². The highest BCUT2D eigenvalue weighted by Crippen LogP contribution is 2.31. The van der Waals surface area contributed by atoms with Gasteiger partial charge in [0.1, 0.15) is 0 Å². The number of aromatic hydroxyl groups is 1. The molecule has 8 heteroatoms. The molecule has 0 heterocycles. The van der Waals surface area contributed by atoms with Crippen LogP contribution >= 0.6 is 34.8 Å². The van der Waals surface area contributed by atoms with Crippen LogP contribution in [0.5, 0.6) is 11.5 Å². The number of rotatable bonds is 6. The highest BCUT2D eigenvalue weighted by Gasteiger charge is 2.07. The zero-order valence-electron chi connectivity index (χ0n) is 11.1. The fourth-order valence-electron chi connectivity index (χ4n) is 1.30. The Morgan fingerprint density at radius 1 is 1.50 bits per heavy atom. The predicted molar refractivity (Wildman–Crippen MR) is 90.6 cm³/mol. The van der Waals surface area contributed by atoms with Crippen LogP contribution in [0, 0.1) is 3.57 Å². The van der Waals surface area contributed by atoms with Crippen molar-refractivity contribution in [3.05, 3.63) is 21.3 Å². The largest absolute Gasteiger partial charge is 0.504 e. The molecular weight excluding hydrogens is 393 g/mol. The molecule has 0 fully saturated rings. The zero-order chi connectivity index (χ0) is 15.0. The molecule has 0 unspecified atom stereocenters. The maximum Gasteiger partial charge on any atom is 0.187 e. The van der Waals surface area contributed by atoms with E-state index in [-0.39, 0.29) is 5.75 Å². The van der Waals surface area contributed by atoms with Crippen molar-refractivity contribution in [1.29, 1.82) is 0 Å². The van der Waals surface area contributed by atoms with Gasteiger partial charge in [0, 0.05) is 13.7 Å². The summed E-state index contributed by atoms with van der Waals surface area (Å²) < 4.78 is 10.6. The van der Waals surface area contributed by atoms with E-state index in [2.05, 4.69) is 15.8 Å². The van der Waals surface area contributed by atoms with Crippen molar-refractivity contribution in [3.8, 4) is 11.5 Å². The molecule has 0 saturated heterocycles. The van der Waals surface area contributed by atoms with Gasteiger partial charge >= 0.3 is 0 Å². The summed E-state index contributed by atoms with van der Waals surface area (Å²) in [5.74, 6) is 0.522. The maximum absolute atomic E-state index is 9.72. The Labute approximate surface area is 136 Å². The molecule has 0 radical (unpaired) electrons. The number of halogens is 1. The fourth-order valence-corrected chi connectivity index (χ4v) is 2.08. The Balaban J connectivity index is 2.58. The lowest BCUT2D eigenvalue weighted by Crippen LogP contribution is -2.34. The Hall–Kier alpha value is -1.13. The first-order valence-corrected chi connectivity index (χ1v) is 7.19. The minimum atomic E-state index is 0.120. The van der Waals surface area contributed by atoms with Crippen LogP contribution < -0.4 is 15.5 Å². The average molecular weight is 409 g/mol. The average Bonchev–Trinajstić information content (AvgIpc) is 2.42. The fraction of sp³-hybridized carbons (Fsp3) is 0.333. The number of hydrazone groups is 1. The van der Waals surface area contributed by atoms with Gasteiger partial charge in [-0.15, -0.1) is 0 Å². The number of phenols is 1. The van der Waals surface area contributed by atoms with Crippen molar-refractivity contribution in [2.75, 3.05) is 27.4 Å². The van der Waals surface area contributed by atoms with Crippen LogP contribution in [0.3, 0.4) is 0 Å². The van der Waals surface area contributed by atoms with Crippen molar-refractivity contribution in [2.24, 2.45) is 5.10 Å². The second-order valence-corrected chi connectivity index (χ2v) is 5.24. The summed E-state index contributed by atoms with van der Waals surface area (Å²) in [7, 11) is 3.12. The second kappa shape index (κ2) is 8.93. The molecule has 110 valence electrons. The van der Waals surface area contributed by atoms with Crippen LogP contribution in [0.25, 0.3) is 0 Å². The third-order valence-electron chi connectivity index (χ3n) is 2.24. The Morgan fingerprint density at radius 3 is 2.90 bits per heavy atom. The van der Waals surface area contributed by atoms with E-state index in [0.717, 1.165) is 5.56 Å². The van der Waals surface area contributed by atoms with Crippen LogP contribution in [0.2, 0.25) is 0 Å². The molecule has 6 nitrogen and oxygen atoms in total. The first kappa shape index (κ1) is 16.9. The monoisotopic (exact) mass is 409 g/mol. The topological polar surface area (TPSA) is 75.1 Å². The number of benzene rings is 1. The van der Waals surface area contributed by atoms with Gasteiger partial charge in [0.15, 0.2) is 16.6 Å². The smallest absolute Gasteiger partial charge is 0.187 e. The van der Waals surface area contributed by atoms with Gasteiger partial charge in [-0.1, -0.05) is 0 Å². The Bertz CT molecular complexity index is 497. The van der Waals surface area contributed by atoms with E-state index in [1.807, 2.05) is 22.6 Å². The minimum absolute atomic E-state index is 0.120. The number of phenolic OH excluding ortho intramolecular Hbond substituents is 1. The van der Waals surface area contributed by atoms with E-state index in [1.54, 1.807) is 25.5 Å². The van der Waals surface area contributed by atoms with Crippen molar-refractivity contribution < 1.29 is 14.6 Å². The van der Waals surface area contributed by atoms with Gasteiger partial charge in [-0.25, -0.2) is 0 Å². The molecule has 0 aliphatic heterocycles. The molecule has 3 N–H and O–H groups in total. The number of thiocarbonyl (C=S) groups is 1. The van der Waals surface area contributed by atoms with E-state index in [1.165, 1.54) is 7.11 Å². The first-order valence-electron chi connectivity index (χ1n) is 5.70. The third kappa shape index (κ3) is 5.47. The van der Waals surface area contributed by atoms with Gasteiger partial charge in [-0.3, -0.25) is 5.43 Å². The minimum Gasteiger partial charge on any atom is -0.504 e. The van der Waals surface area contributed by atoms with Crippen LogP contribution in [-0.2, 0) is 4.74 Å². The second-order valence-electron chi connectivity index (χ2n) is 3.67. The quantitative estimate of drug-likeness (QED) is 0.217. The third-order valence-corrected chi connectivity index (χ3v) is 3.30. The molecule has 0 amide bonds. The first-order chi connectivity index (χ1) is 9.58. The maximum atomic E-state index is 9.72. The van der Waals surface area contributed by atoms with Crippen LogP contribution in [-0.4, -0.2) is 43.8 Å². The molecule has 1 aromatic rings. The van der Waals surface area contributed by atoms with Gasteiger partial charge in [0.25, 0.3) is 0 Å². The van der Waals surface area contributed by atoms with E-state index >= 15 is 0 Å². The van der Waals surface area contributed by atoms with E-state index in [4.69, 9.17) is 21.7 Å². The van der Waals surface area contributed by atoms with Gasteiger partial charge in [0.2, 0.25) is 0 Å². The van der Waals surface area contributed by atoms with Crippen molar-refractivity contribution in [2.45, 2.75) is 0 Å². The normalized spacial score (nSPS) is 10.6. The molecule has 0 aliphatic carbocycles. The highest BCUT2D eigenvalue weighted by atomic mass is 127. The van der Waals surface area contributed by atoms with Gasteiger partial charge in [0.05, 0.1) is 23.5 Å². The van der Waals surface area contributed by atoms with E-state index < -0.39 is 0 Å². The molecule has 0 bridgehead atoms. The predicted octanol–water partition coefficient (Wildman–Crippen LogP) is 1.45. The lowest BCUT2D eigenvalue weighted by atomic mass is 10.2. The molecule has 0 aliphatic rings. The molecular formula is C12H16IN3O3S. The zero-order valence-corrected chi connectivity index (χ0v) is 14.1. The molecule has 0 aromatic heterocycles. The number of methoxy groups -OCH3 is 2. The van der Waals surface area contributed by atoms with Gasteiger partial charge in [-0.2, -0.15) is 5.10 Å². The summed E-state index contributed by atoms with van der Waals surface area (Å²) in [6.07, 6.45) is 1.59. The summed E-state index contributed by atoms with van der Waals surface area (Å²) in [5, 5.41) is 17.1. The standard InChI is InChI=1S/C12H16IN3O3S/c1-18-4-3-14-12(20)16-15-7-8-5-9(13)11(17)10(6-8)19-2/h5-7,17H,3-4H2,1-2H3,(H2,14,16,20)/b15-7+. The Morgan fingerprint density at radius 2 is 2.25 bits per heavy atom. The highest BCUT2D eigenvalue weighted by molar-refractivity contribution is 14.1. The molecule has 1 aromatic carbocycles. The molecule has 0 atom stereocenters. The summed E-state index contributed by atoms with van der Waals surface area (Å²) >= 11 is 7.04. The van der Waals surface area contributed by atoms with Crippen LogP contribution in [0.15, 0.2) is 17.2 Å². The number of hydrogen-bond acceptors (Lipinski definition) is 5. The van der Waals surface area contributed by atoms with Gasteiger partial charge in [-0.05, 0) is 52.5 Å². The molecule has 1 rings (SSSR count). The molecule has 0 saturated carbocycles. The van der Waals surface area contributed by atoms with E-state index in [0.29, 0.717) is 27.6 Å². The number of hydrogen-bond donors (Lipinski definition) is 3. The summed E-state index contributed by atoms with van der Waals surface area (Å²) in [6, 6.07) is 3.47.